The minimum atomic E-state index is -0.622. The molecule has 194 valence electrons. The van der Waals surface area contributed by atoms with Gasteiger partial charge in [0.15, 0.2) is 0 Å². The Kier molecular flexibility index (Phi) is 6.02. The molecule has 8 heteroatoms. The highest BCUT2D eigenvalue weighted by atomic mass is 16.6. The van der Waals surface area contributed by atoms with Gasteiger partial charge in [-0.1, -0.05) is 36.4 Å². The molecular weight excluding hydrogens is 482 g/mol. The summed E-state index contributed by atoms with van der Waals surface area (Å²) in [6.07, 6.45) is 5.34. The van der Waals surface area contributed by atoms with Gasteiger partial charge in [0.05, 0.1) is 17.8 Å². The predicted octanol–water partition coefficient (Wildman–Crippen LogP) is 5.00. The SMILES string of the molecule is CCOC(=O)N1CCC(Cn2cc(C3=C(c4cn(C)c5ccccc45)C(=O)OC3=O)c3ccccc32)CC1. The van der Waals surface area contributed by atoms with Crippen LogP contribution < -0.4 is 0 Å². The molecule has 8 nitrogen and oxygen atoms in total. The number of cyclic esters (lactones) is 2. The van der Waals surface area contributed by atoms with Gasteiger partial charge in [0.25, 0.3) is 0 Å². The summed E-state index contributed by atoms with van der Waals surface area (Å²) in [7, 11) is 1.92. The number of esters is 2. The number of ether oxygens (including phenoxy) is 2. The molecule has 1 saturated heterocycles. The van der Waals surface area contributed by atoms with Gasteiger partial charge in [-0.05, 0) is 37.8 Å². The maximum atomic E-state index is 13.1. The van der Waals surface area contributed by atoms with E-state index in [4.69, 9.17) is 9.47 Å². The molecule has 2 aromatic heterocycles. The van der Waals surface area contributed by atoms with Crippen molar-refractivity contribution >= 4 is 51.0 Å². The largest absolute Gasteiger partial charge is 0.450 e. The summed E-state index contributed by atoms with van der Waals surface area (Å²) < 4.78 is 14.5. The summed E-state index contributed by atoms with van der Waals surface area (Å²) in [6, 6.07) is 15.7. The molecule has 4 aromatic rings. The molecule has 0 radical (unpaired) electrons. The van der Waals surface area contributed by atoms with E-state index in [1.165, 1.54) is 0 Å². The summed E-state index contributed by atoms with van der Waals surface area (Å²) in [6.45, 7) is 4.25. The van der Waals surface area contributed by atoms with Crippen molar-refractivity contribution < 1.29 is 23.9 Å². The highest BCUT2D eigenvalue weighted by Crippen LogP contribution is 2.40. The Labute approximate surface area is 220 Å². The van der Waals surface area contributed by atoms with Crippen LogP contribution in [0.3, 0.4) is 0 Å². The number of hydrogen-bond acceptors (Lipinski definition) is 5. The minimum Gasteiger partial charge on any atom is -0.450 e. The van der Waals surface area contributed by atoms with Gasteiger partial charge >= 0.3 is 18.0 Å². The lowest BCUT2D eigenvalue weighted by atomic mass is 9.95. The summed E-state index contributed by atoms with van der Waals surface area (Å²) in [5.41, 5.74) is 3.96. The number of amides is 1. The van der Waals surface area contributed by atoms with Crippen LogP contribution in [0.4, 0.5) is 4.79 Å². The van der Waals surface area contributed by atoms with Crippen molar-refractivity contribution in [3.63, 3.8) is 0 Å². The highest BCUT2D eigenvalue weighted by Gasteiger charge is 2.38. The van der Waals surface area contributed by atoms with Crippen LogP contribution in [0.5, 0.6) is 0 Å². The Morgan fingerprint density at radius 3 is 2.13 bits per heavy atom. The Morgan fingerprint density at radius 1 is 0.895 bits per heavy atom. The van der Waals surface area contributed by atoms with Crippen molar-refractivity contribution in [3.05, 3.63) is 72.1 Å². The van der Waals surface area contributed by atoms with Crippen molar-refractivity contribution in [1.82, 2.24) is 14.0 Å². The van der Waals surface area contributed by atoms with Crippen molar-refractivity contribution in [2.75, 3.05) is 19.7 Å². The number of rotatable bonds is 5. The van der Waals surface area contributed by atoms with E-state index in [0.29, 0.717) is 47.9 Å². The maximum Gasteiger partial charge on any atom is 0.409 e. The number of fused-ring (bicyclic) bond motifs is 2. The number of hydrogen-bond donors (Lipinski definition) is 0. The second kappa shape index (κ2) is 9.52. The summed E-state index contributed by atoms with van der Waals surface area (Å²) in [5.74, 6) is -0.874. The first kappa shape index (κ1) is 24.0. The third kappa shape index (κ3) is 3.97. The van der Waals surface area contributed by atoms with E-state index in [1.54, 1.807) is 4.90 Å². The quantitative estimate of drug-likeness (QED) is 0.278. The Balaban J connectivity index is 1.40. The summed E-state index contributed by atoms with van der Waals surface area (Å²) in [4.78, 5) is 40.1. The zero-order chi connectivity index (χ0) is 26.4. The van der Waals surface area contributed by atoms with Crippen molar-refractivity contribution in [3.8, 4) is 0 Å². The molecule has 1 fully saturated rings. The lowest BCUT2D eigenvalue weighted by Gasteiger charge is -2.31. The van der Waals surface area contributed by atoms with Gasteiger partial charge in [0.2, 0.25) is 0 Å². The molecule has 0 atom stereocenters. The standard InChI is InChI=1S/C30H29N3O5/c1-3-37-30(36)32-14-12-19(13-15-32)16-33-18-23(21-9-5-7-11-25(21)33)27-26(28(34)38-29(27)35)22-17-31(2)24-10-6-4-8-20(22)24/h4-11,17-19H,3,12-16H2,1-2H3. The molecule has 2 aliphatic heterocycles. The number of nitrogens with zero attached hydrogens (tertiary/aromatic N) is 3. The van der Waals surface area contributed by atoms with E-state index >= 15 is 0 Å². The molecule has 38 heavy (non-hydrogen) atoms. The van der Waals surface area contributed by atoms with Gasteiger partial charge in [-0.3, -0.25) is 0 Å². The van der Waals surface area contributed by atoms with Crippen LogP contribution in [0.25, 0.3) is 33.0 Å². The van der Waals surface area contributed by atoms with E-state index in [0.717, 1.165) is 41.2 Å². The van der Waals surface area contributed by atoms with E-state index < -0.39 is 11.9 Å². The van der Waals surface area contributed by atoms with Crippen molar-refractivity contribution in [2.24, 2.45) is 13.0 Å². The number of aryl methyl sites for hydroxylation is 1. The molecule has 0 unspecified atom stereocenters. The molecule has 0 spiro atoms. The highest BCUT2D eigenvalue weighted by molar-refractivity contribution is 6.46. The monoisotopic (exact) mass is 511 g/mol. The third-order valence-electron chi connectivity index (χ3n) is 7.66. The summed E-state index contributed by atoms with van der Waals surface area (Å²) >= 11 is 0. The van der Waals surface area contributed by atoms with Crippen LogP contribution in [-0.2, 0) is 32.7 Å². The zero-order valence-electron chi connectivity index (χ0n) is 21.5. The average Bonchev–Trinajstić information content (AvgIpc) is 3.55. The first-order chi connectivity index (χ1) is 18.5. The fourth-order valence-corrected chi connectivity index (χ4v) is 5.81. The van der Waals surface area contributed by atoms with Crippen molar-refractivity contribution in [2.45, 2.75) is 26.3 Å². The smallest absolute Gasteiger partial charge is 0.409 e. The molecule has 2 aromatic carbocycles. The number of piperidine rings is 1. The molecular formula is C30H29N3O5. The van der Waals surface area contributed by atoms with E-state index in [1.807, 2.05) is 79.5 Å². The first-order valence-corrected chi connectivity index (χ1v) is 13.0. The molecule has 6 rings (SSSR count). The lowest BCUT2D eigenvalue weighted by Crippen LogP contribution is -2.39. The van der Waals surface area contributed by atoms with E-state index in [2.05, 4.69) is 4.57 Å². The molecule has 2 aliphatic rings. The molecule has 0 aliphatic carbocycles. The van der Waals surface area contributed by atoms with Crippen LogP contribution in [0.2, 0.25) is 0 Å². The fourth-order valence-electron chi connectivity index (χ4n) is 5.81. The van der Waals surface area contributed by atoms with Gasteiger partial charge < -0.3 is 23.5 Å². The Bertz CT molecular complexity index is 1620. The fraction of sp³-hybridized carbons (Fsp3) is 0.300. The van der Waals surface area contributed by atoms with Gasteiger partial charge in [-0.2, -0.15) is 0 Å². The molecule has 4 heterocycles. The number of carbonyl (C=O) groups is 3. The number of likely N-dealkylation sites (tertiary alicyclic amines) is 1. The van der Waals surface area contributed by atoms with Crippen LogP contribution in [0.15, 0.2) is 60.9 Å². The molecule has 0 bridgehead atoms. The van der Waals surface area contributed by atoms with Crippen molar-refractivity contribution in [1.29, 1.82) is 0 Å². The second-order valence-corrected chi connectivity index (χ2v) is 9.94. The Morgan fingerprint density at radius 2 is 1.47 bits per heavy atom. The molecule has 0 N–H and O–H groups in total. The summed E-state index contributed by atoms with van der Waals surface area (Å²) in [5, 5.41) is 1.79. The Hall–Kier alpha value is -4.33. The predicted molar refractivity (Wildman–Crippen MR) is 144 cm³/mol. The normalized spacial score (nSPS) is 16.6. The average molecular weight is 512 g/mol. The number of para-hydroxylation sites is 2. The number of carbonyl (C=O) groups excluding carboxylic acids is 3. The molecule has 0 saturated carbocycles. The van der Waals surface area contributed by atoms with Crippen LogP contribution >= 0.6 is 0 Å². The number of benzene rings is 2. The number of aromatic nitrogens is 2. The zero-order valence-corrected chi connectivity index (χ0v) is 21.5. The first-order valence-electron chi connectivity index (χ1n) is 13.0. The topological polar surface area (TPSA) is 82.8 Å². The third-order valence-corrected chi connectivity index (χ3v) is 7.66. The van der Waals surface area contributed by atoms with Crippen LogP contribution in [-0.4, -0.2) is 51.8 Å². The van der Waals surface area contributed by atoms with E-state index in [-0.39, 0.29) is 6.09 Å². The van der Waals surface area contributed by atoms with Gasteiger partial charge in [0, 0.05) is 72.0 Å². The van der Waals surface area contributed by atoms with Gasteiger partial charge in [0.1, 0.15) is 0 Å². The maximum absolute atomic E-state index is 13.1. The van der Waals surface area contributed by atoms with Crippen LogP contribution in [0, 0.1) is 5.92 Å². The second-order valence-electron chi connectivity index (χ2n) is 9.94. The van der Waals surface area contributed by atoms with Crippen LogP contribution in [0.1, 0.15) is 30.9 Å². The van der Waals surface area contributed by atoms with E-state index in [9.17, 15) is 14.4 Å². The minimum absolute atomic E-state index is 0.253. The van der Waals surface area contributed by atoms with Gasteiger partial charge in [-0.15, -0.1) is 0 Å². The molecule has 1 amide bonds. The lowest BCUT2D eigenvalue weighted by molar-refractivity contribution is -0.149. The van der Waals surface area contributed by atoms with Gasteiger partial charge in [-0.25, -0.2) is 14.4 Å².